The van der Waals surface area contributed by atoms with Crippen molar-refractivity contribution in [1.29, 1.82) is 0 Å². The van der Waals surface area contributed by atoms with Crippen molar-refractivity contribution in [1.82, 2.24) is 4.72 Å². The van der Waals surface area contributed by atoms with Crippen LogP contribution >= 0.6 is 12.2 Å². The van der Waals surface area contributed by atoms with Gasteiger partial charge in [-0.25, -0.2) is 13.1 Å². The van der Waals surface area contributed by atoms with Gasteiger partial charge < -0.3 is 5.73 Å². The van der Waals surface area contributed by atoms with Crippen LogP contribution in [0.4, 0.5) is 0 Å². The Balaban J connectivity index is 2.14. The van der Waals surface area contributed by atoms with Gasteiger partial charge in [0.2, 0.25) is 10.0 Å². The van der Waals surface area contributed by atoms with Gasteiger partial charge >= 0.3 is 0 Å². The van der Waals surface area contributed by atoms with Crippen LogP contribution in [-0.4, -0.2) is 19.4 Å². The molecule has 0 heterocycles. The molecule has 0 bridgehead atoms. The largest absolute Gasteiger partial charge is 0.389 e. The van der Waals surface area contributed by atoms with Crippen molar-refractivity contribution in [3.05, 3.63) is 35.4 Å². The van der Waals surface area contributed by atoms with Crippen molar-refractivity contribution in [2.24, 2.45) is 11.7 Å². The SMILES string of the molecule is CC1CCCC1NS(=O)(=O)Cc1ccccc1C(N)=S. The van der Waals surface area contributed by atoms with Crippen LogP contribution in [-0.2, 0) is 15.8 Å². The Morgan fingerprint density at radius 1 is 1.40 bits per heavy atom. The Morgan fingerprint density at radius 3 is 2.70 bits per heavy atom. The molecule has 3 N–H and O–H groups in total. The van der Waals surface area contributed by atoms with E-state index in [4.69, 9.17) is 18.0 Å². The quantitative estimate of drug-likeness (QED) is 0.815. The number of hydrogen-bond acceptors (Lipinski definition) is 3. The number of hydrogen-bond donors (Lipinski definition) is 2. The third-order valence-electron chi connectivity index (χ3n) is 3.82. The Morgan fingerprint density at radius 2 is 2.10 bits per heavy atom. The topological polar surface area (TPSA) is 72.2 Å². The molecule has 2 unspecified atom stereocenters. The lowest BCUT2D eigenvalue weighted by molar-refractivity contribution is 0.476. The second-order valence-corrected chi connectivity index (χ2v) is 7.61. The first kappa shape index (κ1) is 15.4. The minimum atomic E-state index is -3.37. The second kappa shape index (κ2) is 6.20. The molecule has 0 amide bonds. The summed E-state index contributed by atoms with van der Waals surface area (Å²) in [5.41, 5.74) is 6.92. The molecule has 1 aromatic carbocycles. The lowest BCUT2D eigenvalue weighted by Gasteiger charge is -2.18. The average molecular weight is 312 g/mol. The van der Waals surface area contributed by atoms with E-state index in [1.54, 1.807) is 24.3 Å². The summed E-state index contributed by atoms with van der Waals surface area (Å²) in [6.07, 6.45) is 3.08. The van der Waals surface area contributed by atoms with E-state index in [2.05, 4.69) is 11.6 Å². The maximum atomic E-state index is 12.3. The summed E-state index contributed by atoms with van der Waals surface area (Å²) in [5.74, 6) is 0.319. The van der Waals surface area contributed by atoms with Crippen LogP contribution in [0.5, 0.6) is 0 Å². The molecule has 0 radical (unpaired) electrons. The molecule has 1 aliphatic carbocycles. The predicted octanol–water partition coefficient (Wildman–Crippen LogP) is 1.93. The zero-order valence-electron chi connectivity index (χ0n) is 11.5. The molecule has 1 saturated carbocycles. The minimum Gasteiger partial charge on any atom is -0.389 e. The Kier molecular flexibility index (Phi) is 4.78. The lowest BCUT2D eigenvalue weighted by Crippen LogP contribution is -2.37. The fourth-order valence-electron chi connectivity index (χ4n) is 2.68. The monoisotopic (exact) mass is 312 g/mol. The molecule has 110 valence electrons. The number of thiocarbonyl (C=S) groups is 1. The van der Waals surface area contributed by atoms with Crippen molar-refractivity contribution in [3.8, 4) is 0 Å². The fourth-order valence-corrected chi connectivity index (χ4v) is 4.44. The molecule has 6 heteroatoms. The number of nitrogens with two attached hydrogens (primary N) is 1. The van der Waals surface area contributed by atoms with E-state index in [1.807, 2.05) is 0 Å². The highest BCUT2D eigenvalue weighted by molar-refractivity contribution is 7.88. The van der Waals surface area contributed by atoms with Gasteiger partial charge in [-0.3, -0.25) is 0 Å². The molecule has 1 fully saturated rings. The fraction of sp³-hybridized carbons (Fsp3) is 0.500. The van der Waals surface area contributed by atoms with Crippen molar-refractivity contribution in [2.45, 2.75) is 38.0 Å². The first-order chi connectivity index (χ1) is 9.39. The molecule has 1 aliphatic rings. The first-order valence-corrected chi connectivity index (χ1v) is 8.83. The maximum Gasteiger partial charge on any atom is 0.216 e. The molecule has 4 nitrogen and oxygen atoms in total. The Labute approximate surface area is 125 Å². The normalized spacial score (nSPS) is 22.9. The van der Waals surface area contributed by atoms with Gasteiger partial charge in [-0.2, -0.15) is 0 Å². The molecule has 1 aromatic rings. The zero-order chi connectivity index (χ0) is 14.8. The average Bonchev–Trinajstić information content (AvgIpc) is 2.74. The van der Waals surface area contributed by atoms with Gasteiger partial charge in [0.25, 0.3) is 0 Å². The van der Waals surface area contributed by atoms with Gasteiger partial charge in [-0.1, -0.05) is 49.8 Å². The van der Waals surface area contributed by atoms with Crippen LogP contribution in [0, 0.1) is 5.92 Å². The van der Waals surface area contributed by atoms with E-state index >= 15 is 0 Å². The van der Waals surface area contributed by atoms with Crippen LogP contribution < -0.4 is 10.5 Å². The summed E-state index contributed by atoms with van der Waals surface area (Å²) in [5, 5.41) is 0. The molecular weight excluding hydrogens is 292 g/mol. The van der Waals surface area contributed by atoms with Crippen molar-refractivity contribution in [2.75, 3.05) is 0 Å². The molecule has 0 spiro atoms. The second-order valence-electron chi connectivity index (χ2n) is 5.41. The summed E-state index contributed by atoms with van der Waals surface area (Å²) < 4.78 is 27.4. The van der Waals surface area contributed by atoms with Crippen LogP contribution in [0.1, 0.15) is 37.3 Å². The van der Waals surface area contributed by atoms with E-state index in [1.165, 1.54) is 0 Å². The Bertz CT molecular complexity index is 599. The smallest absolute Gasteiger partial charge is 0.216 e. The number of nitrogens with one attached hydrogen (secondary N) is 1. The molecule has 2 atom stereocenters. The van der Waals surface area contributed by atoms with Crippen LogP contribution in [0.15, 0.2) is 24.3 Å². The summed E-state index contributed by atoms with van der Waals surface area (Å²) >= 11 is 4.96. The highest BCUT2D eigenvalue weighted by Gasteiger charge is 2.27. The minimum absolute atomic E-state index is 0.0528. The van der Waals surface area contributed by atoms with Gasteiger partial charge in [0.05, 0.1) is 5.75 Å². The first-order valence-electron chi connectivity index (χ1n) is 6.77. The van der Waals surface area contributed by atoms with Crippen LogP contribution in [0.25, 0.3) is 0 Å². The number of benzene rings is 1. The molecule has 0 aromatic heterocycles. The molecule has 0 aliphatic heterocycles. The molecule has 20 heavy (non-hydrogen) atoms. The van der Waals surface area contributed by atoms with E-state index in [0.29, 0.717) is 17.0 Å². The van der Waals surface area contributed by atoms with Crippen molar-refractivity contribution >= 4 is 27.2 Å². The van der Waals surface area contributed by atoms with E-state index < -0.39 is 10.0 Å². The Hall–Kier alpha value is -0.980. The van der Waals surface area contributed by atoms with Crippen LogP contribution in [0.2, 0.25) is 0 Å². The van der Waals surface area contributed by atoms with Gasteiger partial charge in [-0.05, 0) is 24.3 Å². The van der Waals surface area contributed by atoms with E-state index in [9.17, 15) is 8.42 Å². The third-order valence-corrected chi connectivity index (χ3v) is 5.39. The van der Waals surface area contributed by atoms with Crippen molar-refractivity contribution in [3.63, 3.8) is 0 Å². The zero-order valence-corrected chi connectivity index (χ0v) is 13.1. The summed E-state index contributed by atoms with van der Waals surface area (Å²) in [6, 6.07) is 7.16. The van der Waals surface area contributed by atoms with Gasteiger partial charge in [0.15, 0.2) is 0 Å². The lowest BCUT2D eigenvalue weighted by atomic mass is 10.1. The van der Waals surface area contributed by atoms with Crippen LogP contribution in [0.3, 0.4) is 0 Å². The number of sulfonamides is 1. The summed E-state index contributed by atoms with van der Waals surface area (Å²) in [7, 11) is -3.37. The molecular formula is C14H20N2O2S2. The summed E-state index contributed by atoms with van der Waals surface area (Å²) in [6.45, 7) is 2.09. The van der Waals surface area contributed by atoms with Gasteiger partial charge in [0, 0.05) is 11.6 Å². The van der Waals surface area contributed by atoms with Gasteiger partial charge in [-0.15, -0.1) is 0 Å². The van der Waals surface area contributed by atoms with Gasteiger partial charge in [0.1, 0.15) is 4.99 Å². The highest BCUT2D eigenvalue weighted by atomic mass is 32.2. The third kappa shape index (κ3) is 3.77. The predicted molar refractivity (Wildman–Crippen MR) is 84.9 cm³/mol. The molecule has 2 rings (SSSR count). The summed E-state index contributed by atoms with van der Waals surface area (Å²) in [4.78, 5) is 0.227. The molecule has 0 saturated heterocycles. The standard InChI is InChI=1S/C14H20N2O2S2/c1-10-5-4-8-13(10)16-20(17,18)9-11-6-2-3-7-12(11)14(15)19/h2-3,6-7,10,13,16H,4-5,8-9H2,1H3,(H2,15,19). The van der Waals surface area contributed by atoms with E-state index in [-0.39, 0.29) is 16.8 Å². The highest BCUT2D eigenvalue weighted by Crippen LogP contribution is 2.26. The maximum absolute atomic E-state index is 12.3. The number of rotatable bonds is 5. The van der Waals surface area contributed by atoms with E-state index in [0.717, 1.165) is 19.3 Å². The van der Waals surface area contributed by atoms with Crippen molar-refractivity contribution < 1.29 is 8.42 Å².